The fourth-order valence-corrected chi connectivity index (χ4v) is 14.5. The third kappa shape index (κ3) is 10.5. The predicted molar refractivity (Wildman–Crippen MR) is 294 cm³/mol. The average Bonchev–Trinajstić information content (AvgIpc) is 4.31. The van der Waals surface area contributed by atoms with Crippen LogP contribution in [0, 0.1) is 22.7 Å². The molecule has 1 spiro atoms. The highest BCUT2D eigenvalue weighted by Gasteiger charge is 2.65. The number of aryl methyl sites for hydroxylation is 1. The first-order valence-electron chi connectivity index (χ1n) is 27.9. The zero-order valence-corrected chi connectivity index (χ0v) is 47.1. The number of hydrogen-bond acceptors (Lipinski definition) is 12. The number of fused-ring (bicyclic) bond motifs is 6. The molecule has 2 aromatic carbocycles. The molecule has 7 heterocycles. The number of aromatic nitrogens is 2. The molecule has 2 aromatic heterocycles. The predicted octanol–water partition coefficient (Wildman–Crippen LogP) is 7.33. The van der Waals surface area contributed by atoms with E-state index in [-0.39, 0.29) is 47.5 Å². The van der Waals surface area contributed by atoms with E-state index < -0.39 is 58.1 Å². The third-order valence-corrected chi connectivity index (χ3v) is 19.0. The first-order valence-corrected chi connectivity index (χ1v) is 29.0. The van der Waals surface area contributed by atoms with Crippen LogP contribution in [0.5, 0.6) is 5.75 Å². The van der Waals surface area contributed by atoms with Crippen LogP contribution in [0.15, 0.2) is 54.7 Å². The van der Waals surface area contributed by atoms with Crippen LogP contribution in [0.3, 0.4) is 0 Å². The topological polar surface area (TPSA) is 185 Å². The normalized spacial score (nSPS) is 27.5. The number of rotatable bonds is 12. The van der Waals surface area contributed by atoms with Crippen molar-refractivity contribution in [3.05, 3.63) is 71.5 Å². The summed E-state index contributed by atoms with van der Waals surface area (Å²) in [6.07, 6.45) is 6.74. The summed E-state index contributed by atoms with van der Waals surface area (Å²) in [7, 11) is 1.68. The lowest BCUT2D eigenvalue weighted by Crippen LogP contribution is -2.62. The van der Waals surface area contributed by atoms with Crippen LogP contribution in [0.25, 0.3) is 33.3 Å². The zero-order valence-electron chi connectivity index (χ0n) is 46.3. The van der Waals surface area contributed by atoms with Gasteiger partial charge in [0.25, 0.3) is 5.91 Å². The summed E-state index contributed by atoms with van der Waals surface area (Å²) in [5.41, 5.74) is 9.12. The maximum Gasteiger partial charge on any atom is 0.324 e. The van der Waals surface area contributed by atoms with Crippen molar-refractivity contribution in [2.24, 2.45) is 22.7 Å². The van der Waals surface area contributed by atoms with Gasteiger partial charge in [-0.15, -0.1) is 4.31 Å². The van der Waals surface area contributed by atoms with Gasteiger partial charge in [0.05, 0.1) is 41.6 Å². The van der Waals surface area contributed by atoms with E-state index in [1.54, 1.807) is 30.3 Å². The lowest BCUT2D eigenvalue weighted by atomic mass is 9.84. The minimum absolute atomic E-state index is 0.0127. The second-order valence-electron chi connectivity index (χ2n) is 24.9. The van der Waals surface area contributed by atoms with Crippen molar-refractivity contribution in [3.8, 4) is 28.1 Å². The first kappa shape index (κ1) is 54.3. The van der Waals surface area contributed by atoms with Crippen molar-refractivity contribution in [1.29, 1.82) is 0 Å². The van der Waals surface area contributed by atoms with Crippen LogP contribution >= 0.6 is 0 Å². The van der Waals surface area contributed by atoms with Gasteiger partial charge in [0.2, 0.25) is 11.8 Å². The van der Waals surface area contributed by atoms with E-state index in [4.69, 9.17) is 14.5 Å². The highest BCUT2D eigenvalue weighted by molar-refractivity contribution is 7.90. The quantitative estimate of drug-likeness (QED) is 0.0731. The summed E-state index contributed by atoms with van der Waals surface area (Å²) in [6.45, 7) is 21.9. The van der Waals surface area contributed by atoms with Crippen molar-refractivity contribution >= 4 is 46.0 Å². The molecule has 76 heavy (non-hydrogen) atoms. The molecule has 2 unspecified atom stereocenters. The van der Waals surface area contributed by atoms with Crippen LogP contribution in [-0.4, -0.2) is 143 Å². The Morgan fingerprint density at radius 3 is 2.50 bits per heavy atom. The number of hydrazine groups is 1. The van der Waals surface area contributed by atoms with Crippen molar-refractivity contribution in [2.75, 3.05) is 46.4 Å². The molecule has 410 valence electrons. The molecule has 3 amide bonds. The van der Waals surface area contributed by atoms with Crippen molar-refractivity contribution in [3.63, 3.8) is 0 Å². The number of phenolic OH excluding ortho intramolecular Hbond substituents is 1. The summed E-state index contributed by atoms with van der Waals surface area (Å²) in [4.78, 5) is 67.9. The average molecular weight is 1060 g/mol. The summed E-state index contributed by atoms with van der Waals surface area (Å²) in [6, 6.07) is 13.4. The van der Waals surface area contributed by atoms with Gasteiger partial charge in [-0.3, -0.25) is 29.2 Å². The van der Waals surface area contributed by atoms with Crippen LogP contribution < -0.4 is 10.7 Å². The third-order valence-electron chi connectivity index (χ3n) is 17.1. The molecular formula is C59H80N8O8S. The summed E-state index contributed by atoms with van der Waals surface area (Å²) < 4.78 is 29.8. The molecule has 0 radical (unpaired) electrons. The fraction of sp³-hybridized carbons (Fsp3) is 0.610. The molecule has 1 saturated carbocycles. The molecule has 16 nitrogen and oxygen atoms in total. The van der Waals surface area contributed by atoms with E-state index in [0.717, 1.165) is 57.6 Å². The number of carbonyl (C=O) groups excluding carboxylic acids is 4. The standard InChI is InChI=1S/C59H80N8O8S/c1-11-64-47-19-18-39-30-43(47)44(52(64)42-14-12-22-60-49(42)36(4)74-10)31-58(8,9)34-75-55(71)45-15-13-23-66(62-45)54(70)46(28-37-26-40(39)29-41(68)27-37)61-53(69)50(35(2)3)65-25-21-59(56(65)72)20-24-63(33-59)32-48-51(38-16-17-38)67(48)76(73)57(5,6)7/h12,14,18-19,22,26-27,29-30,35-36,38,45-46,48,50-51,62,68H,11,13,15-17,20-21,23-25,28,31-34H2,1-10H3,(H,61,69)/t36-,45-,46-,48-,50-,51+,59-,67?,76?/m0/s1. The number of aromatic hydroxyl groups is 1. The lowest BCUT2D eigenvalue weighted by molar-refractivity contribution is -0.155. The Bertz CT molecular complexity index is 2880. The molecule has 3 N–H and O–H groups in total. The number of esters is 1. The number of carbonyl (C=O) groups is 4. The van der Waals surface area contributed by atoms with Gasteiger partial charge in [-0.05, 0) is 157 Å². The van der Waals surface area contributed by atoms with Crippen molar-refractivity contribution < 1.29 is 38.3 Å². The maximum absolute atomic E-state index is 15.0. The molecule has 5 aliphatic heterocycles. The molecule has 4 saturated heterocycles. The number of pyridine rings is 1. The molecule has 6 aliphatic rings. The minimum atomic E-state index is -1.13. The SMILES string of the molecule is CCn1c(-c2cccnc2[C@H](C)OC)c2c3cc(ccc31)-c1cc(O)cc(c1)C[C@H](NC(=O)[C@H](C(C)C)N1CC[C@]3(CCN(C[C@H]4[C@@H](C5CC5)N4[S+]([O-])C(C)(C)C)C3)C1=O)C(=O)N1CCC[C@H](N1)C(=O)OCC(C)(C)C2. The highest BCUT2D eigenvalue weighted by Crippen LogP contribution is 2.52. The van der Waals surface area contributed by atoms with E-state index in [2.05, 4.69) is 63.5 Å². The van der Waals surface area contributed by atoms with Crippen LogP contribution in [0.2, 0.25) is 0 Å². The Morgan fingerprint density at radius 2 is 1.79 bits per heavy atom. The molecule has 6 bridgehead atoms. The number of cyclic esters (lactones) is 1. The smallest absolute Gasteiger partial charge is 0.324 e. The van der Waals surface area contributed by atoms with Gasteiger partial charge >= 0.3 is 5.97 Å². The molecule has 10 rings (SSSR count). The molecule has 1 aliphatic carbocycles. The van der Waals surface area contributed by atoms with E-state index in [0.29, 0.717) is 75.8 Å². The van der Waals surface area contributed by atoms with Crippen LogP contribution in [-0.2, 0) is 59.4 Å². The van der Waals surface area contributed by atoms with Gasteiger partial charge in [-0.1, -0.05) is 39.8 Å². The Balaban J connectivity index is 0.958. The van der Waals surface area contributed by atoms with Gasteiger partial charge in [-0.25, -0.2) is 5.43 Å². The van der Waals surface area contributed by atoms with Gasteiger partial charge in [-0.2, -0.15) is 0 Å². The number of phenols is 1. The Morgan fingerprint density at radius 1 is 1.03 bits per heavy atom. The summed E-state index contributed by atoms with van der Waals surface area (Å²) in [5.74, 6) is -1.03. The lowest BCUT2D eigenvalue weighted by Gasteiger charge is -2.37. The maximum atomic E-state index is 15.0. The molecular weight excluding hydrogens is 981 g/mol. The molecule has 5 fully saturated rings. The van der Waals surface area contributed by atoms with Gasteiger partial charge in [0.1, 0.15) is 28.6 Å². The molecule has 9 atom stereocenters. The fourth-order valence-electron chi connectivity index (χ4n) is 13.0. The number of benzene rings is 2. The van der Waals surface area contributed by atoms with E-state index in [1.807, 2.05) is 59.7 Å². The van der Waals surface area contributed by atoms with Crippen molar-refractivity contribution in [1.82, 2.24) is 39.4 Å². The number of ether oxygens (including phenoxy) is 2. The van der Waals surface area contributed by atoms with Gasteiger partial charge in [0, 0.05) is 85.7 Å². The van der Waals surface area contributed by atoms with E-state index in [9.17, 15) is 24.0 Å². The number of amides is 3. The number of nitrogens with one attached hydrogen (secondary N) is 2. The molecule has 4 aromatic rings. The van der Waals surface area contributed by atoms with Crippen LogP contribution in [0.4, 0.5) is 0 Å². The summed E-state index contributed by atoms with van der Waals surface area (Å²) >= 11 is -1.10. The van der Waals surface area contributed by atoms with E-state index >= 15 is 4.79 Å². The van der Waals surface area contributed by atoms with E-state index in [1.165, 1.54) is 17.9 Å². The number of nitrogens with zero attached hydrogens (tertiary/aromatic N) is 6. The minimum Gasteiger partial charge on any atom is -0.597 e. The summed E-state index contributed by atoms with van der Waals surface area (Å²) in [5, 5.41) is 17.1. The monoisotopic (exact) mass is 1060 g/mol. The first-order chi connectivity index (χ1) is 36.1. The number of methoxy groups -OCH3 is 1. The second kappa shape index (κ2) is 21.0. The Kier molecular flexibility index (Phi) is 15.0. The Labute approximate surface area is 451 Å². The zero-order chi connectivity index (χ0) is 54.2. The number of likely N-dealkylation sites (tertiary alicyclic amines) is 2. The number of hydrogen-bond donors (Lipinski definition) is 3. The Hall–Kier alpha value is -5.04. The van der Waals surface area contributed by atoms with Gasteiger partial charge < -0.3 is 38.8 Å². The van der Waals surface area contributed by atoms with Gasteiger partial charge in [0.15, 0.2) is 0 Å². The highest BCUT2D eigenvalue weighted by atomic mass is 32.2. The van der Waals surface area contributed by atoms with Crippen molar-refractivity contribution in [2.45, 2.75) is 161 Å². The van der Waals surface area contributed by atoms with Crippen LogP contribution in [0.1, 0.15) is 124 Å². The molecule has 17 heteroatoms. The largest absolute Gasteiger partial charge is 0.597 e. The second-order valence-corrected chi connectivity index (χ2v) is 27.0.